The van der Waals surface area contributed by atoms with Crippen LogP contribution in [0.1, 0.15) is 47.5 Å². The van der Waals surface area contributed by atoms with Gasteiger partial charge in [-0.1, -0.05) is 25.0 Å². The van der Waals surface area contributed by atoms with Crippen LogP contribution in [0, 0.1) is 0 Å². The Bertz CT molecular complexity index is 244. The van der Waals surface area contributed by atoms with Crippen molar-refractivity contribution in [1.29, 1.82) is 0 Å². The maximum atomic E-state index is 11.6. The van der Waals surface area contributed by atoms with Crippen molar-refractivity contribution in [2.24, 2.45) is 0 Å². The summed E-state index contributed by atoms with van der Waals surface area (Å²) in [7, 11) is 0. The van der Waals surface area contributed by atoms with Crippen LogP contribution in [0.15, 0.2) is 22.8 Å². The van der Waals surface area contributed by atoms with Gasteiger partial charge in [0.25, 0.3) is 0 Å². The van der Waals surface area contributed by atoms with Gasteiger partial charge in [-0.25, -0.2) is 0 Å². The molecule has 0 fully saturated rings. The Kier molecular flexibility index (Phi) is 5.36. The topological polar surface area (TPSA) is 17.1 Å². The second-order valence-corrected chi connectivity index (χ2v) is 3.47. The molecule has 0 aromatic heterocycles. The average molecular weight is 180 g/mol. The number of rotatable bonds is 4. The number of carbonyl (C=O) groups is 1. The van der Waals surface area contributed by atoms with E-state index in [0.717, 1.165) is 24.0 Å². The van der Waals surface area contributed by atoms with Gasteiger partial charge in [0.1, 0.15) is 0 Å². The van der Waals surface area contributed by atoms with Gasteiger partial charge in [-0.05, 0) is 45.3 Å². The van der Waals surface area contributed by atoms with Crippen LogP contribution in [0.25, 0.3) is 0 Å². The summed E-state index contributed by atoms with van der Waals surface area (Å²) in [5, 5.41) is 0. The molecule has 0 saturated heterocycles. The molecule has 0 aromatic rings. The summed E-state index contributed by atoms with van der Waals surface area (Å²) < 4.78 is 0. The van der Waals surface area contributed by atoms with Gasteiger partial charge >= 0.3 is 0 Å². The first-order valence-electron chi connectivity index (χ1n) is 4.90. The molecular weight excluding hydrogens is 160 g/mol. The lowest BCUT2D eigenvalue weighted by atomic mass is 10.0. The highest BCUT2D eigenvalue weighted by Gasteiger charge is 2.03. The second-order valence-electron chi connectivity index (χ2n) is 3.47. The zero-order chi connectivity index (χ0) is 10.4. The summed E-state index contributed by atoms with van der Waals surface area (Å²) in [6.07, 6.45) is 3.65. The Hall–Kier alpha value is -0.850. The van der Waals surface area contributed by atoms with Crippen LogP contribution in [0.3, 0.4) is 0 Å². The lowest BCUT2D eigenvalue weighted by Crippen LogP contribution is -1.98. The first kappa shape index (κ1) is 12.2. The summed E-state index contributed by atoms with van der Waals surface area (Å²) in [6.45, 7) is 10.0. The van der Waals surface area contributed by atoms with E-state index in [1.165, 1.54) is 5.57 Å². The molecule has 0 saturated carbocycles. The Morgan fingerprint density at radius 3 is 2.00 bits per heavy atom. The number of allylic oxidation sites excluding steroid dienone is 4. The molecule has 0 spiro atoms. The highest BCUT2D eigenvalue weighted by atomic mass is 16.1. The molecule has 13 heavy (non-hydrogen) atoms. The van der Waals surface area contributed by atoms with E-state index in [1.807, 2.05) is 20.8 Å². The normalized spacial score (nSPS) is 14.1. The monoisotopic (exact) mass is 180 g/mol. The lowest BCUT2D eigenvalue weighted by molar-refractivity contribution is -0.111. The van der Waals surface area contributed by atoms with Crippen molar-refractivity contribution >= 4 is 5.78 Å². The minimum atomic E-state index is 0.165. The van der Waals surface area contributed by atoms with E-state index in [2.05, 4.69) is 13.8 Å². The van der Waals surface area contributed by atoms with Crippen molar-refractivity contribution in [3.05, 3.63) is 22.8 Å². The third-order valence-electron chi connectivity index (χ3n) is 2.48. The molecule has 74 valence electrons. The average Bonchev–Trinajstić information content (AvgIpc) is 2.14. The Morgan fingerprint density at radius 1 is 1.08 bits per heavy atom. The van der Waals surface area contributed by atoms with E-state index in [9.17, 15) is 4.79 Å². The van der Waals surface area contributed by atoms with Gasteiger partial charge in [-0.2, -0.15) is 0 Å². The van der Waals surface area contributed by atoms with Gasteiger partial charge in [0.05, 0.1) is 0 Å². The molecule has 1 heteroatoms. The molecule has 0 N–H and O–H groups in total. The van der Waals surface area contributed by atoms with Crippen LogP contribution < -0.4 is 0 Å². The van der Waals surface area contributed by atoms with E-state index in [0.29, 0.717) is 0 Å². The van der Waals surface area contributed by atoms with Crippen molar-refractivity contribution in [2.45, 2.75) is 47.5 Å². The second kappa shape index (κ2) is 5.74. The van der Waals surface area contributed by atoms with Gasteiger partial charge in [0, 0.05) is 0 Å². The summed E-state index contributed by atoms with van der Waals surface area (Å²) in [4.78, 5) is 11.6. The van der Waals surface area contributed by atoms with Crippen LogP contribution in [0.2, 0.25) is 0 Å². The fraction of sp³-hybridized carbons (Fsp3) is 0.583. The molecule has 0 atom stereocenters. The smallest absolute Gasteiger partial charge is 0.181 e. The quantitative estimate of drug-likeness (QED) is 0.603. The molecule has 0 radical (unpaired) electrons. The molecule has 0 bridgehead atoms. The highest BCUT2D eigenvalue weighted by Crippen LogP contribution is 2.10. The molecule has 0 heterocycles. The van der Waals surface area contributed by atoms with Crippen LogP contribution in [-0.2, 0) is 4.79 Å². The van der Waals surface area contributed by atoms with E-state index < -0.39 is 0 Å². The number of hydrogen-bond acceptors (Lipinski definition) is 1. The minimum absolute atomic E-state index is 0.165. The molecule has 0 amide bonds. The standard InChI is InChI=1S/C12H20O/c1-6-9(3)8-12(13)11(5)10(4)7-2/h8H,6-7H2,1-5H3/b9-8+,11-10+. The highest BCUT2D eigenvalue weighted by molar-refractivity contribution is 6.04. The van der Waals surface area contributed by atoms with E-state index in [4.69, 9.17) is 0 Å². The predicted molar refractivity (Wildman–Crippen MR) is 57.7 cm³/mol. The van der Waals surface area contributed by atoms with Crippen molar-refractivity contribution in [3.8, 4) is 0 Å². The van der Waals surface area contributed by atoms with Crippen LogP contribution in [0.5, 0.6) is 0 Å². The maximum Gasteiger partial charge on any atom is 0.181 e. The van der Waals surface area contributed by atoms with Crippen molar-refractivity contribution < 1.29 is 4.79 Å². The van der Waals surface area contributed by atoms with E-state index >= 15 is 0 Å². The minimum Gasteiger partial charge on any atom is -0.290 e. The molecule has 0 rings (SSSR count). The number of hydrogen-bond donors (Lipinski definition) is 0. The van der Waals surface area contributed by atoms with Crippen molar-refractivity contribution in [3.63, 3.8) is 0 Å². The molecule has 0 aliphatic carbocycles. The number of ketones is 1. The SMILES string of the molecule is CC/C(C)=C/C(=O)/C(C)=C(\C)CC. The van der Waals surface area contributed by atoms with Gasteiger partial charge < -0.3 is 0 Å². The lowest BCUT2D eigenvalue weighted by Gasteiger charge is -2.02. The first-order valence-corrected chi connectivity index (χ1v) is 4.90. The Labute approximate surface area is 81.5 Å². The molecule has 0 aliphatic rings. The van der Waals surface area contributed by atoms with E-state index in [-0.39, 0.29) is 5.78 Å². The Morgan fingerprint density at radius 2 is 1.62 bits per heavy atom. The fourth-order valence-electron chi connectivity index (χ4n) is 0.910. The Balaban J connectivity index is 4.63. The van der Waals surface area contributed by atoms with Gasteiger partial charge in [0.2, 0.25) is 0 Å². The third kappa shape index (κ3) is 4.07. The van der Waals surface area contributed by atoms with Crippen LogP contribution in [0.4, 0.5) is 0 Å². The van der Waals surface area contributed by atoms with Gasteiger partial charge in [0.15, 0.2) is 5.78 Å². The molecule has 0 aliphatic heterocycles. The largest absolute Gasteiger partial charge is 0.290 e. The van der Waals surface area contributed by atoms with Crippen molar-refractivity contribution in [2.75, 3.05) is 0 Å². The number of carbonyl (C=O) groups excluding carboxylic acids is 1. The molecule has 1 nitrogen and oxygen atoms in total. The van der Waals surface area contributed by atoms with Crippen molar-refractivity contribution in [1.82, 2.24) is 0 Å². The maximum absolute atomic E-state index is 11.6. The molecular formula is C12H20O. The van der Waals surface area contributed by atoms with Gasteiger partial charge in [-0.3, -0.25) is 4.79 Å². The third-order valence-corrected chi connectivity index (χ3v) is 2.48. The van der Waals surface area contributed by atoms with E-state index in [1.54, 1.807) is 6.08 Å². The molecule has 0 aromatic carbocycles. The summed E-state index contributed by atoms with van der Waals surface area (Å²) >= 11 is 0. The van der Waals surface area contributed by atoms with Gasteiger partial charge in [-0.15, -0.1) is 0 Å². The van der Waals surface area contributed by atoms with Crippen LogP contribution >= 0.6 is 0 Å². The molecule has 0 unspecified atom stereocenters. The first-order chi connectivity index (χ1) is 6.02. The summed E-state index contributed by atoms with van der Waals surface area (Å²) in [5.41, 5.74) is 3.23. The zero-order valence-electron chi connectivity index (χ0n) is 9.40. The summed E-state index contributed by atoms with van der Waals surface area (Å²) in [6, 6.07) is 0. The van der Waals surface area contributed by atoms with Crippen LogP contribution in [-0.4, -0.2) is 5.78 Å². The summed E-state index contributed by atoms with van der Waals surface area (Å²) in [5.74, 6) is 0.165. The fourth-order valence-corrected chi connectivity index (χ4v) is 0.910. The zero-order valence-corrected chi connectivity index (χ0v) is 9.40. The predicted octanol–water partition coefficient (Wildman–Crippen LogP) is 3.66.